The van der Waals surface area contributed by atoms with E-state index in [1.54, 1.807) is 0 Å². The molecule has 0 aliphatic carbocycles. The molecule has 0 aliphatic heterocycles. The van der Waals surface area contributed by atoms with Crippen LogP contribution >= 0.6 is 0 Å². The molecule has 102 valence electrons. The fraction of sp³-hybridized carbons (Fsp3) is 0.222. The molecule has 0 amide bonds. The summed E-state index contributed by atoms with van der Waals surface area (Å²) >= 11 is 0. The van der Waals surface area contributed by atoms with Crippen LogP contribution in [-0.4, -0.2) is 11.1 Å². The lowest BCUT2D eigenvalue weighted by Crippen LogP contribution is -2.01. The number of nitrogens with two attached hydrogens (primary N) is 1. The average Bonchev–Trinajstić information content (AvgIpc) is 2.79. The van der Waals surface area contributed by atoms with Crippen LogP contribution < -0.4 is 5.73 Å². The molecule has 0 saturated carbocycles. The highest BCUT2D eigenvalue weighted by atomic mass is 14.9. The molecule has 2 nitrogen and oxygen atoms in total. The van der Waals surface area contributed by atoms with Crippen LogP contribution in [0.15, 0.2) is 54.6 Å². The minimum Gasteiger partial charge on any atom is -0.343 e. The van der Waals surface area contributed by atoms with Gasteiger partial charge in [0.15, 0.2) is 0 Å². The normalized spacial score (nSPS) is 11.1. The molecule has 20 heavy (non-hydrogen) atoms. The number of benzene rings is 2. The third kappa shape index (κ3) is 2.12. The monoisotopic (exact) mass is 264 g/mol. The Morgan fingerprint density at radius 3 is 2.40 bits per heavy atom. The molecule has 2 aromatic carbocycles. The van der Waals surface area contributed by atoms with E-state index in [1.807, 2.05) is 0 Å². The molecule has 0 saturated heterocycles. The van der Waals surface area contributed by atoms with E-state index in [1.165, 1.54) is 27.7 Å². The first-order valence-corrected chi connectivity index (χ1v) is 7.14. The van der Waals surface area contributed by atoms with E-state index in [0.717, 1.165) is 19.4 Å². The second-order valence-corrected chi connectivity index (χ2v) is 5.16. The van der Waals surface area contributed by atoms with Gasteiger partial charge in [-0.05, 0) is 36.6 Å². The first kappa shape index (κ1) is 12.9. The SMILES string of the molecule is Cn1c(-c2ccccc2)c(CCCN)c2ccccc21. The first-order valence-electron chi connectivity index (χ1n) is 7.14. The van der Waals surface area contributed by atoms with Gasteiger partial charge in [0.25, 0.3) is 0 Å². The van der Waals surface area contributed by atoms with E-state index < -0.39 is 0 Å². The molecular weight excluding hydrogens is 244 g/mol. The summed E-state index contributed by atoms with van der Waals surface area (Å²) in [6.07, 6.45) is 2.05. The Kier molecular flexibility index (Phi) is 3.57. The van der Waals surface area contributed by atoms with Gasteiger partial charge in [0.1, 0.15) is 0 Å². The maximum Gasteiger partial charge on any atom is 0.0521 e. The fourth-order valence-electron chi connectivity index (χ4n) is 2.97. The van der Waals surface area contributed by atoms with Crippen molar-refractivity contribution in [2.45, 2.75) is 12.8 Å². The zero-order valence-electron chi connectivity index (χ0n) is 11.8. The lowest BCUT2D eigenvalue weighted by molar-refractivity contribution is 0.832. The van der Waals surface area contributed by atoms with Gasteiger partial charge < -0.3 is 10.3 Å². The minimum absolute atomic E-state index is 0.734. The van der Waals surface area contributed by atoms with Gasteiger partial charge >= 0.3 is 0 Å². The summed E-state index contributed by atoms with van der Waals surface area (Å²) in [5.74, 6) is 0. The number of hydrogen-bond acceptors (Lipinski definition) is 1. The highest BCUT2D eigenvalue weighted by Gasteiger charge is 2.15. The highest BCUT2D eigenvalue weighted by molar-refractivity contribution is 5.91. The average molecular weight is 264 g/mol. The van der Waals surface area contributed by atoms with Crippen LogP contribution in [0.4, 0.5) is 0 Å². The maximum atomic E-state index is 5.71. The summed E-state index contributed by atoms with van der Waals surface area (Å²) in [5.41, 5.74) is 11.0. The lowest BCUT2D eigenvalue weighted by atomic mass is 10.0. The molecule has 0 fully saturated rings. The predicted octanol–water partition coefficient (Wildman–Crippen LogP) is 3.74. The van der Waals surface area contributed by atoms with Gasteiger partial charge in [-0.1, -0.05) is 48.5 Å². The summed E-state index contributed by atoms with van der Waals surface area (Å²) in [6.45, 7) is 0.734. The zero-order chi connectivity index (χ0) is 13.9. The topological polar surface area (TPSA) is 30.9 Å². The summed E-state index contributed by atoms with van der Waals surface area (Å²) in [6, 6.07) is 19.2. The molecule has 0 atom stereocenters. The van der Waals surface area contributed by atoms with Crippen LogP contribution in [0.1, 0.15) is 12.0 Å². The number of aromatic nitrogens is 1. The van der Waals surface area contributed by atoms with Crippen LogP contribution in [0.3, 0.4) is 0 Å². The van der Waals surface area contributed by atoms with E-state index in [9.17, 15) is 0 Å². The van der Waals surface area contributed by atoms with Gasteiger partial charge in [-0.2, -0.15) is 0 Å². The Balaban J connectivity index is 2.26. The Labute approximate surface area is 119 Å². The summed E-state index contributed by atoms with van der Waals surface area (Å²) in [7, 11) is 2.15. The van der Waals surface area contributed by atoms with Crippen molar-refractivity contribution in [3.63, 3.8) is 0 Å². The lowest BCUT2D eigenvalue weighted by Gasteiger charge is -2.08. The van der Waals surface area contributed by atoms with Crippen molar-refractivity contribution in [1.29, 1.82) is 0 Å². The molecule has 2 heteroatoms. The third-order valence-electron chi connectivity index (χ3n) is 3.89. The molecule has 1 heterocycles. The Bertz CT molecular complexity index is 711. The van der Waals surface area contributed by atoms with Crippen molar-refractivity contribution >= 4 is 10.9 Å². The second kappa shape index (κ2) is 5.51. The van der Waals surface area contributed by atoms with E-state index in [-0.39, 0.29) is 0 Å². The Hall–Kier alpha value is -2.06. The van der Waals surface area contributed by atoms with E-state index in [2.05, 4.69) is 66.2 Å². The second-order valence-electron chi connectivity index (χ2n) is 5.16. The van der Waals surface area contributed by atoms with Crippen molar-refractivity contribution in [2.75, 3.05) is 6.54 Å². The van der Waals surface area contributed by atoms with Crippen molar-refractivity contribution in [3.8, 4) is 11.3 Å². The molecule has 0 spiro atoms. The van der Waals surface area contributed by atoms with Crippen molar-refractivity contribution < 1.29 is 0 Å². The van der Waals surface area contributed by atoms with Crippen LogP contribution in [0.25, 0.3) is 22.2 Å². The molecule has 1 aromatic heterocycles. The summed E-state index contributed by atoms with van der Waals surface area (Å²) in [5, 5.41) is 1.35. The smallest absolute Gasteiger partial charge is 0.0521 e. The van der Waals surface area contributed by atoms with Crippen LogP contribution in [0.5, 0.6) is 0 Å². The summed E-state index contributed by atoms with van der Waals surface area (Å²) in [4.78, 5) is 0. The molecule has 0 radical (unpaired) electrons. The predicted molar refractivity (Wildman–Crippen MR) is 85.7 cm³/mol. The molecule has 2 N–H and O–H groups in total. The van der Waals surface area contributed by atoms with E-state index in [0.29, 0.717) is 0 Å². The van der Waals surface area contributed by atoms with Crippen molar-refractivity contribution in [3.05, 3.63) is 60.2 Å². The molecular formula is C18H20N2. The van der Waals surface area contributed by atoms with Gasteiger partial charge in [-0.15, -0.1) is 0 Å². The fourth-order valence-corrected chi connectivity index (χ4v) is 2.97. The molecule has 3 aromatic rings. The number of hydrogen-bond donors (Lipinski definition) is 1. The maximum absolute atomic E-state index is 5.71. The first-order chi connectivity index (χ1) is 9.83. The van der Waals surface area contributed by atoms with Gasteiger partial charge in [0, 0.05) is 18.0 Å². The Morgan fingerprint density at radius 1 is 0.950 bits per heavy atom. The van der Waals surface area contributed by atoms with Crippen molar-refractivity contribution in [2.24, 2.45) is 12.8 Å². The minimum atomic E-state index is 0.734. The largest absolute Gasteiger partial charge is 0.343 e. The van der Waals surface area contributed by atoms with E-state index in [4.69, 9.17) is 5.73 Å². The van der Waals surface area contributed by atoms with Crippen LogP contribution in [0, 0.1) is 0 Å². The van der Waals surface area contributed by atoms with Crippen LogP contribution in [-0.2, 0) is 13.5 Å². The quantitative estimate of drug-likeness (QED) is 0.764. The number of fused-ring (bicyclic) bond motifs is 1. The number of nitrogens with zero attached hydrogens (tertiary/aromatic N) is 1. The van der Waals surface area contributed by atoms with Gasteiger partial charge in [-0.25, -0.2) is 0 Å². The van der Waals surface area contributed by atoms with Crippen LogP contribution in [0.2, 0.25) is 0 Å². The number of rotatable bonds is 4. The molecule has 3 rings (SSSR count). The molecule has 0 aliphatic rings. The summed E-state index contributed by atoms with van der Waals surface area (Å²) < 4.78 is 2.30. The highest BCUT2D eigenvalue weighted by Crippen LogP contribution is 2.33. The zero-order valence-corrected chi connectivity index (χ0v) is 11.8. The molecule has 0 unspecified atom stereocenters. The van der Waals surface area contributed by atoms with Gasteiger partial charge in [0.05, 0.1) is 5.69 Å². The standard InChI is InChI=1S/C18H20N2/c1-20-17-12-6-5-10-15(17)16(11-7-13-19)18(20)14-8-3-2-4-9-14/h2-6,8-10,12H,7,11,13,19H2,1H3. The number of aryl methyl sites for hydroxylation is 2. The molecule has 0 bridgehead atoms. The number of para-hydroxylation sites is 1. The van der Waals surface area contributed by atoms with Gasteiger partial charge in [0.2, 0.25) is 0 Å². The Morgan fingerprint density at radius 2 is 1.65 bits per heavy atom. The van der Waals surface area contributed by atoms with Gasteiger partial charge in [-0.3, -0.25) is 0 Å². The van der Waals surface area contributed by atoms with Crippen molar-refractivity contribution in [1.82, 2.24) is 4.57 Å². The third-order valence-corrected chi connectivity index (χ3v) is 3.89. The van der Waals surface area contributed by atoms with E-state index >= 15 is 0 Å².